The number of guanidine groups is 1. The number of anilines is 1. The second kappa shape index (κ2) is 12.5. The average Bonchev–Trinajstić information content (AvgIpc) is 2.64. The number of aryl methyl sites for hydroxylation is 1. The SMILES string of the molecule is CCNC(=NCc1ccnc(N(C)C)c1)NCCCc1ccccc1.I. The summed E-state index contributed by atoms with van der Waals surface area (Å²) in [6, 6.07) is 14.7. The van der Waals surface area contributed by atoms with Crippen molar-refractivity contribution in [2.75, 3.05) is 32.1 Å². The van der Waals surface area contributed by atoms with Crippen molar-refractivity contribution in [3.63, 3.8) is 0 Å². The molecule has 2 N–H and O–H groups in total. The molecule has 0 aliphatic rings. The quantitative estimate of drug-likeness (QED) is 0.270. The zero-order chi connectivity index (χ0) is 17.9. The number of rotatable bonds is 8. The lowest BCUT2D eigenvalue weighted by Crippen LogP contribution is -2.37. The Morgan fingerprint density at radius 2 is 1.85 bits per heavy atom. The van der Waals surface area contributed by atoms with Crippen LogP contribution in [0.5, 0.6) is 0 Å². The number of hydrogen-bond acceptors (Lipinski definition) is 3. The molecule has 2 rings (SSSR count). The first-order valence-electron chi connectivity index (χ1n) is 8.87. The highest BCUT2D eigenvalue weighted by atomic mass is 127. The second-order valence-electron chi connectivity index (χ2n) is 6.13. The summed E-state index contributed by atoms with van der Waals surface area (Å²) >= 11 is 0. The number of nitrogens with one attached hydrogen (secondary N) is 2. The Kier molecular flexibility index (Phi) is 10.7. The van der Waals surface area contributed by atoms with Gasteiger partial charge in [0.05, 0.1) is 6.54 Å². The van der Waals surface area contributed by atoms with Gasteiger partial charge in [-0.3, -0.25) is 0 Å². The molecule has 1 aromatic carbocycles. The van der Waals surface area contributed by atoms with Gasteiger partial charge in [-0.2, -0.15) is 0 Å². The maximum atomic E-state index is 4.68. The number of aromatic nitrogens is 1. The van der Waals surface area contributed by atoms with E-state index in [0.29, 0.717) is 6.54 Å². The van der Waals surface area contributed by atoms with Crippen molar-refractivity contribution in [1.82, 2.24) is 15.6 Å². The van der Waals surface area contributed by atoms with Gasteiger partial charge in [0.25, 0.3) is 0 Å². The number of benzene rings is 1. The lowest BCUT2D eigenvalue weighted by Gasteiger charge is -2.13. The molecule has 26 heavy (non-hydrogen) atoms. The zero-order valence-electron chi connectivity index (χ0n) is 15.9. The predicted molar refractivity (Wildman–Crippen MR) is 122 cm³/mol. The van der Waals surface area contributed by atoms with E-state index in [2.05, 4.69) is 63.9 Å². The van der Waals surface area contributed by atoms with Gasteiger partial charge < -0.3 is 15.5 Å². The molecule has 142 valence electrons. The average molecular weight is 467 g/mol. The molecule has 0 radical (unpaired) electrons. The predicted octanol–water partition coefficient (Wildman–Crippen LogP) is 3.45. The van der Waals surface area contributed by atoms with E-state index in [9.17, 15) is 0 Å². The van der Waals surface area contributed by atoms with E-state index in [1.165, 1.54) is 5.56 Å². The minimum atomic E-state index is 0. The highest BCUT2D eigenvalue weighted by Crippen LogP contribution is 2.10. The molecule has 0 amide bonds. The summed E-state index contributed by atoms with van der Waals surface area (Å²) in [5, 5.41) is 6.71. The third-order valence-electron chi connectivity index (χ3n) is 3.81. The summed E-state index contributed by atoms with van der Waals surface area (Å²) in [7, 11) is 3.99. The number of aliphatic imine (C=N–C) groups is 1. The normalized spacial score (nSPS) is 10.8. The highest BCUT2D eigenvalue weighted by Gasteiger charge is 2.01. The van der Waals surface area contributed by atoms with Gasteiger partial charge in [0, 0.05) is 33.4 Å². The summed E-state index contributed by atoms with van der Waals surface area (Å²) in [5.74, 6) is 1.81. The molecular weight excluding hydrogens is 437 g/mol. The van der Waals surface area contributed by atoms with Crippen LogP contribution in [0, 0.1) is 0 Å². The van der Waals surface area contributed by atoms with Gasteiger partial charge in [0.15, 0.2) is 5.96 Å². The van der Waals surface area contributed by atoms with Crippen molar-refractivity contribution in [2.24, 2.45) is 4.99 Å². The first kappa shape index (κ1) is 22.2. The smallest absolute Gasteiger partial charge is 0.191 e. The lowest BCUT2D eigenvalue weighted by atomic mass is 10.1. The van der Waals surface area contributed by atoms with Crippen molar-refractivity contribution in [2.45, 2.75) is 26.3 Å². The van der Waals surface area contributed by atoms with Crippen LogP contribution >= 0.6 is 24.0 Å². The Balaban J connectivity index is 0.00000338. The molecule has 0 unspecified atom stereocenters. The minimum Gasteiger partial charge on any atom is -0.363 e. The molecule has 0 bridgehead atoms. The Morgan fingerprint density at radius 1 is 1.08 bits per heavy atom. The van der Waals surface area contributed by atoms with E-state index in [1.54, 1.807) is 0 Å². The van der Waals surface area contributed by atoms with Gasteiger partial charge in [-0.25, -0.2) is 9.98 Å². The number of hydrogen-bond donors (Lipinski definition) is 2. The molecule has 0 spiro atoms. The fourth-order valence-electron chi connectivity index (χ4n) is 2.46. The molecule has 0 fully saturated rings. The summed E-state index contributed by atoms with van der Waals surface area (Å²) < 4.78 is 0. The standard InChI is InChI=1S/C20H29N5.HI/c1-4-21-20(23-13-8-11-17-9-6-5-7-10-17)24-16-18-12-14-22-19(15-18)25(2)3;/h5-7,9-10,12,14-15H,4,8,11,13,16H2,1-3H3,(H2,21,23,24);1H. The van der Waals surface area contributed by atoms with E-state index in [4.69, 9.17) is 0 Å². The van der Waals surface area contributed by atoms with Gasteiger partial charge >= 0.3 is 0 Å². The zero-order valence-corrected chi connectivity index (χ0v) is 18.2. The van der Waals surface area contributed by atoms with E-state index < -0.39 is 0 Å². The Bertz CT molecular complexity index is 658. The number of halogens is 1. The van der Waals surface area contributed by atoms with Crippen LogP contribution in [0.25, 0.3) is 0 Å². The van der Waals surface area contributed by atoms with Crippen molar-refractivity contribution in [3.8, 4) is 0 Å². The Hall–Kier alpha value is -1.83. The Morgan fingerprint density at radius 3 is 2.54 bits per heavy atom. The van der Waals surface area contributed by atoms with Crippen LogP contribution in [0.15, 0.2) is 53.7 Å². The van der Waals surface area contributed by atoms with Crippen molar-refractivity contribution < 1.29 is 0 Å². The fourth-order valence-corrected chi connectivity index (χ4v) is 2.46. The van der Waals surface area contributed by atoms with E-state index in [-0.39, 0.29) is 24.0 Å². The van der Waals surface area contributed by atoms with Crippen LogP contribution in [0.1, 0.15) is 24.5 Å². The van der Waals surface area contributed by atoms with Crippen LogP contribution in [0.2, 0.25) is 0 Å². The molecule has 0 aliphatic carbocycles. The maximum Gasteiger partial charge on any atom is 0.191 e. The first-order chi connectivity index (χ1) is 12.2. The third kappa shape index (κ3) is 8.03. The first-order valence-corrected chi connectivity index (χ1v) is 8.87. The Labute approximate surface area is 174 Å². The molecule has 5 nitrogen and oxygen atoms in total. The van der Waals surface area contributed by atoms with Gasteiger partial charge in [-0.05, 0) is 43.0 Å². The van der Waals surface area contributed by atoms with Crippen molar-refractivity contribution >= 4 is 35.8 Å². The summed E-state index contributed by atoms with van der Waals surface area (Å²) in [6.45, 7) is 4.47. The lowest BCUT2D eigenvalue weighted by molar-refractivity contribution is 0.743. The van der Waals surface area contributed by atoms with Crippen molar-refractivity contribution in [3.05, 3.63) is 59.8 Å². The topological polar surface area (TPSA) is 52.6 Å². The van der Waals surface area contributed by atoms with Crippen LogP contribution in [0.3, 0.4) is 0 Å². The van der Waals surface area contributed by atoms with Gasteiger partial charge in [-0.15, -0.1) is 24.0 Å². The molecule has 1 heterocycles. The van der Waals surface area contributed by atoms with Crippen LogP contribution < -0.4 is 15.5 Å². The van der Waals surface area contributed by atoms with E-state index in [1.807, 2.05) is 31.3 Å². The number of nitrogens with zero attached hydrogens (tertiary/aromatic N) is 3. The maximum absolute atomic E-state index is 4.68. The van der Waals surface area contributed by atoms with Crippen LogP contribution in [0.4, 0.5) is 5.82 Å². The molecule has 1 aromatic heterocycles. The van der Waals surface area contributed by atoms with E-state index in [0.717, 1.165) is 43.3 Å². The van der Waals surface area contributed by atoms with Crippen molar-refractivity contribution in [1.29, 1.82) is 0 Å². The fraction of sp³-hybridized carbons (Fsp3) is 0.400. The number of pyridine rings is 1. The van der Waals surface area contributed by atoms with Gasteiger partial charge in [0.1, 0.15) is 5.82 Å². The molecule has 0 saturated carbocycles. The second-order valence-corrected chi connectivity index (χ2v) is 6.13. The summed E-state index contributed by atoms with van der Waals surface area (Å²) in [5.41, 5.74) is 2.53. The minimum absolute atomic E-state index is 0. The molecule has 2 aromatic rings. The largest absolute Gasteiger partial charge is 0.363 e. The summed E-state index contributed by atoms with van der Waals surface area (Å²) in [6.07, 6.45) is 3.98. The monoisotopic (exact) mass is 467 g/mol. The summed E-state index contributed by atoms with van der Waals surface area (Å²) in [4.78, 5) is 11.0. The molecule has 0 atom stereocenters. The molecule has 6 heteroatoms. The highest BCUT2D eigenvalue weighted by molar-refractivity contribution is 14.0. The van der Waals surface area contributed by atoms with Gasteiger partial charge in [0.2, 0.25) is 0 Å². The van der Waals surface area contributed by atoms with E-state index >= 15 is 0 Å². The third-order valence-corrected chi connectivity index (χ3v) is 3.81. The van der Waals surface area contributed by atoms with Gasteiger partial charge in [-0.1, -0.05) is 30.3 Å². The van der Waals surface area contributed by atoms with Crippen LogP contribution in [-0.4, -0.2) is 38.1 Å². The van der Waals surface area contributed by atoms with Crippen LogP contribution in [-0.2, 0) is 13.0 Å². The molecule has 0 saturated heterocycles. The molecular formula is C20H30IN5. The molecule has 0 aliphatic heterocycles.